The van der Waals surface area contributed by atoms with Crippen molar-refractivity contribution in [2.24, 2.45) is 5.92 Å². The Bertz CT molecular complexity index is 3670. The third kappa shape index (κ3) is 7.43. The number of allylic oxidation sites excluding steroid dienone is 4. The molecule has 0 amide bonds. The predicted molar refractivity (Wildman–Crippen MR) is 283 cm³/mol. The minimum Gasteiger partial charge on any atom is -0.456 e. The minimum atomic E-state index is 0.238. The summed E-state index contributed by atoms with van der Waals surface area (Å²) < 4.78 is 6.39. The lowest BCUT2D eigenvalue weighted by Gasteiger charge is -2.34. The van der Waals surface area contributed by atoms with Crippen molar-refractivity contribution in [3.63, 3.8) is 0 Å². The van der Waals surface area contributed by atoms with E-state index in [1.165, 1.54) is 72.1 Å². The fourth-order valence-electron chi connectivity index (χ4n) is 10.3. The Hall–Kier alpha value is -8.46. The van der Waals surface area contributed by atoms with E-state index >= 15 is 0 Å². The fourth-order valence-corrected chi connectivity index (χ4v) is 10.3. The van der Waals surface area contributed by atoms with E-state index in [1.807, 2.05) is 12.1 Å². The molecule has 2 heteroatoms. The highest BCUT2D eigenvalue weighted by molar-refractivity contribution is 6.09. The van der Waals surface area contributed by atoms with Crippen LogP contribution >= 0.6 is 0 Å². The van der Waals surface area contributed by atoms with Crippen molar-refractivity contribution in [2.45, 2.75) is 13.3 Å². The van der Waals surface area contributed by atoms with Crippen molar-refractivity contribution in [2.75, 3.05) is 4.90 Å². The molecule has 0 bridgehead atoms. The van der Waals surface area contributed by atoms with Crippen LogP contribution in [0.1, 0.15) is 18.9 Å². The summed E-state index contributed by atoms with van der Waals surface area (Å²) >= 11 is 0. The van der Waals surface area contributed by atoms with Crippen molar-refractivity contribution in [1.29, 1.82) is 0 Å². The van der Waals surface area contributed by atoms with Gasteiger partial charge in [-0.2, -0.15) is 0 Å². The molecule has 2 nitrogen and oxygen atoms in total. The van der Waals surface area contributed by atoms with Gasteiger partial charge in [-0.3, -0.25) is 0 Å². The van der Waals surface area contributed by atoms with Crippen LogP contribution in [0.4, 0.5) is 11.4 Å². The van der Waals surface area contributed by atoms with Crippen molar-refractivity contribution < 1.29 is 4.42 Å². The predicted octanol–water partition coefficient (Wildman–Crippen LogP) is 18.2. The van der Waals surface area contributed by atoms with Gasteiger partial charge in [-0.1, -0.05) is 207 Å². The van der Waals surface area contributed by atoms with Crippen LogP contribution in [0.5, 0.6) is 0 Å². The lowest BCUT2D eigenvalue weighted by atomic mass is 9.83. The van der Waals surface area contributed by atoms with Gasteiger partial charge in [-0.05, 0) is 133 Å². The SMILES string of the molecule is CC1CC(N(c2cccc(-c3ccc4c(c3)oc3ccccc34)c2)c2ccccc2-c2cccc3cccc(-c4ccccc4)c23)=CC=C1c1ccc(-c2ccccc2)c(-c2ccccc2)c1. The molecule has 0 aliphatic heterocycles. The molecule has 10 aromatic carbocycles. The van der Waals surface area contributed by atoms with Gasteiger partial charge in [0.2, 0.25) is 0 Å². The first-order valence-corrected chi connectivity index (χ1v) is 23.3. The molecule has 1 aliphatic rings. The molecule has 0 fully saturated rings. The first-order valence-electron chi connectivity index (χ1n) is 23.3. The molecule has 1 atom stereocenters. The van der Waals surface area contributed by atoms with Gasteiger partial charge in [-0.15, -0.1) is 0 Å². The number of hydrogen-bond acceptors (Lipinski definition) is 2. The highest BCUT2D eigenvalue weighted by Crippen LogP contribution is 2.47. The van der Waals surface area contributed by atoms with Crippen molar-refractivity contribution in [3.05, 3.63) is 260 Å². The van der Waals surface area contributed by atoms with Gasteiger partial charge in [0.15, 0.2) is 0 Å². The summed E-state index contributed by atoms with van der Waals surface area (Å²) in [5.74, 6) is 0.238. The molecular formula is C65H47NO. The van der Waals surface area contributed by atoms with Crippen molar-refractivity contribution in [1.82, 2.24) is 0 Å². The first kappa shape index (κ1) is 40.1. The second kappa shape index (κ2) is 17.2. The second-order valence-corrected chi connectivity index (χ2v) is 17.7. The minimum absolute atomic E-state index is 0.238. The molecular weight excluding hydrogens is 811 g/mol. The fraction of sp³-hybridized carbons (Fsp3) is 0.0462. The average molecular weight is 858 g/mol. The Morgan fingerprint density at radius 2 is 0.970 bits per heavy atom. The summed E-state index contributed by atoms with van der Waals surface area (Å²) in [6.45, 7) is 2.38. The Morgan fingerprint density at radius 1 is 0.388 bits per heavy atom. The Kier molecular flexibility index (Phi) is 10.3. The molecule has 12 rings (SSSR count). The maximum absolute atomic E-state index is 6.39. The second-order valence-electron chi connectivity index (χ2n) is 17.7. The van der Waals surface area contributed by atoms with Gasteiger partial charge in [0.1, 0.15) is 11.2 Å². The van der Waals surface area contributed by atoms with Crippen molar-refractivity contribution in [3.8, 4) is 55.6 Å². The number of anilines is 2. The zero-order valence-electron chi connectivity index (χ0n) is 37.3. The van der Waals surface area contributed by atoms with Crippen LogP contribution in [0, 0.1) is 5.92 Å². The number of para-hydroxylation sites is 2. The summed E-state index contributed by atoms with van der Waals surface area (Å²) in [6.07, 6.45) is 5.59. The molecule has 1 heterocycles. The average Bonchev–Trinajstić information content (AvgIpc) is 3.77. The summed E-state index contributed by atoms with van der Waals surface area (Å²) in [5, 5.41) is 4.73. The third-order valence-electron chi connectivity index (χ3n) is 13.6. The molecule has 0 radical (unpaired) electrons. The maximum Gasteiger partial charge on any atom is 0.136 e. The molecule has 1 aliphatic carbocycles. The standard InChI is InChI=1S/C65H47NO/c1-44-40-53(36-39-54(44)51-35-37-55(45-18-5-2-6-19-45)61(42-51)47-22-9-4-10-23-47)66(52-27-15-26-49(41-52)50-34-38-59-58-29-12-14-33-63(58)67-64(59)43-50)62-32-13-11-28-57(62)60-31-17-25-48-24-16-30-56(65(48)60)46-20-7-3-8-21-46/h2-39,41-44H,40H2,1H3. The molecule has 0 N–H and O–H groups in total. The van der Waals surface area contributed by atoms with Gasteiger partial charge >= 0.3 is 0 Å². The van der Waals surface area contributed by atoms with E-state index in [1.54, 1.807) is 0 Å². The molecule has 1 aromatic heterocycles. The molecule has 67 heavy (non-hydrogen) atoms. The summed E-state index contributed by atoms with van der Waals surface area (Å²) in [7, 11) is 0. The van der Waals surface area contributed by atoms with Crippen LogP contribution in [0.3, 0.4) is 0 Å². The normalized spacial score (nSPS) is 13.7. The van der Waals surface area contributed by atoms with E-state index in [-0.39, 0.29) is 5.92 Å². The lowest BCUT2D eigenvalue weighted by molar-refractivity contribution is 0.669. The van der Waals surface area contributed by atoms with Crippen molar-refractivity contribution >= 4 is 49.7 Å². The summed E-state index contributed by atoms with van der Waals surface area (Å²) in [6, 6.07) is 85.6. The van der Waals surface area contributed by atoms with Gasteiger partial charge in [0.05, 0.1) is 5.69 Å². The van der Waals surface area contributed by atoms with Crippen LogP contribution in [-0.2, 0) is 0 Å². The topological polar surface area (TPSA) is 16.4 Å². The smallest absolute Gasteiger partial charge is 0.136 e. The quantitative estimate of drug-likeness (QED) is 0.144. The van der Waals surface area contributed by atoms with E-state index in [9.17, 15) is 0 Å². The van der Waals surface area contributed by atoms with Crippen LogP contribution in [0.15, 0.2) is 259 Å². The molecule has 0 spiro atoms. The summed E-state index contributed by atoms with van der Waals surface area (Å²) in [4.78, 5) is 2.51. The highest BCUT2D eigenvalue weighted by atomic mass is 16.3. The number of benzene rings is 10. The van der Waals surface area contributed by atoms with E-state index < -0.39 is 0 Å². The van der Waals surface area contributed by atoms with Gasteiger partial charge in [-0.25, -0.2) is 0 Å². The molecule has 0 saturated heterocycles. The number of nitrogens with zero attached hydrogens (tertiary/aromatic N) is 1. The van der Waals surface area contributed by atoms with Crippen LogP contribution < -0.4 is 4.90 Å². The Labute approximate surface area is 392 Å². The van der Waals surface area contributed by atoms with Crippen LogP contribution in [-0.4, -0.2) is 0 Å². The number of furan rings is 1. The number of rotatable bonds is 9. The zero-order valence-corrected chi connectivity index (χ0v) is 37.3. The van der Waals surface area contributed by atoms with E-state index in [4.69, 9.17) is 4.42 Å². The monoisotopic (exact) mass is 857 g/mol. The first-order chi connectivity index (χ1) is 33.1. The molecule has 1 unspecified atom stereocenters. The highest BCUT2D eigenvalue weighted by Gasteiger charge is 2.26. The number of fused-ring (bicyclic) bond motifs is 4. The summed E-state index contributed by atoms with van der Waals surface area (Å²) in [5.41, 5.74) is 19.8. The van der Waals surface area contributed by atoms with Gasteiger partial charge in [0, 0.05) is 27.7 Å². The Balaban J connectivity index is 1.02. The van der Waals surface area contributed by atoms with Gasteiger partial charge < -0.3 is 9.32 Å². The van der Waals surface area contributed by atoms with Crippen LogP contribution in [0.2, 0.25) is 0 Å². The third-order valence-corrected chi connectivity index (χ3v) is 13.6. The lowest BCUT2D eigenvalue weighted by Crippen LogP contribution is -2.21. The Morgan fingerprint density at radius 3 is 1.73 bits per heavy atom. The zero-order chi connectivity index (χ0) is 44.7. The molecule has 0 saturated carbocycles. The largest absolute Gasteiger partial charge is 0.456 e. The van der Waals surface area contributed by atoms with E-state index in [2.05, 4.69) is 248 Å². The molecule has 318 valence electrons. The van der Waals surface area contributed by atoms with Gasteiger partial charge in [0.25, 0.3) is 0 Å². The number of hydrogen-bond donors (Lipinski definition) is 0. The van der Waals surface area contributed by atoms with E-state index in [0.29, 0.717) is 0 Å². The molecule has 11 aromatic rings. The van der Waals surface area contributed by atoms with Crippen LogP contribution in [0.25, 0.3) is 93.9 Å². The van der Waals surface area contributed by atoms with E-state index in [0.717, 1.165) is 50.9 Å². The maximum atomic E-state index is 6.39.